The SMILES string of the molecule is N#Cc1ccc(Cl)cc1NC(=O)C(=O)NCC[C@@H](O)c1ccco1. The van der Waals surface area contributed by atoms with Crippen LogP contribution >= 0.6 is 11.6 Å². The Kier molecular flexibility index (Phi) is 5.95. The number of benzene rings is 1. The van der Waals surface area contributed by atoms with Crippen LogP contribution in [0.15, 0.2) is 41.0 Å². The van der Waals surface area contributed by atoms with Gasteiger partial charge in [0.1, 0.15) is 17.9 Å². The Balaban J connectivity index is 1.86. The number of rotatable bonds is 5. The van der Waals surface area contributed by atoms with Crippen molar-refractivity contribution in [2.75, 3.05) is 11.9 Å². The number of nitrogens with one attached hydrogen (secondary N) is 2. The second kappa shape index (κ2) is 8.15. The van der Waals surface area contributed by atoms with Crippen LogP contribution in [0.5, 0.6) is 0 Å². The molecule has 0 saturated carbocycles. The topological polar surface area (TPSA) is 115 Å². The van der Waals surface area contributed by atoms with Gasteiger partial charge in [-0.05, 0) is 36.8 Å². The summed E-state index contributed by atoms with van der Waals surface area (Å²) in [5, 5.41) is 23.8. The monoisotopic (exact) mass is 347 g/mol. The standard InChI is InChI=1S/C16H14ClN3O4/c17-11-4-3-10(9-18)12(8-11)20-16(23)15(22)19-6-5-13(21)14-2-1-7-24-14/h1-4,7-8,13,21H,5-6H2,(H,19,22)(H,20,23)/t13-/m1/s1. The van der Waals surface area contributed by atoms with Crippen LogP contribution in [0, 0.1) is 11.3 Å². The minimum absolute atomic E-state index is 0.0781. The lowest BCUT2D eigenvalue weighted by Gasteiger charge is -2.10. The predicted octanol–water partition coefficient (Wildman–Crippen LogP) is 1.98. The molecule has 2 aromatic rings. The Hall–Kier alpha value is -2.82. The highest BCUT2D eigenvalue weighted by molar-refractivity contribution is 6.40. The van der Waals surface area contributed by atoms with Crippen LogP contribution in [0.25, 0.3) is 0 Å². The number of carbonyl (C=O) groups excluding carboxylic acids is 2. The van der Waals surface area contributed by atoms with Gasteiger partial charge in [0.05, 0.1) is 17.5 Å². The minimum Gasteiger partial charge on any atom is -0.467 e. The second-order valence-corrected chi connectivity index (χ2v) is 5.27. The Morgan fingerprint density at radius 1 is 1.33 bits per heavy atom. The number of carbonyl (C=O) groups is 2. The van der Waals surface area contributed by atoms with Crippen LogP contribution in [0.3, 0.4) is 0 Å². The van der Waals surface area contributed by atoms with Gasteiger partial charge in [0.15, 0.2) is 0 Å². The molecule has 0 fully saturated rings. The van der Waals surface area contributed by atoms with E-state index in [1.165, 1.54) is 24.5 Å². The third-order valence-corrected chi connectivity index (χ3v) is 3.37. The second-order valence-electron chi connectivity index (χ2n) is 4.83. The van der Waals surface area contributed by atoms with Gasteiger partial charge in [-0.1, -0.05) is 11.6 Å². The predicted molar refractivity (Wildman–Crippen MR) is 86.1 cm³/mol. The van der Waals surface area contributed by atoms with Gasteiger partial charge in [-0.3, -0.25) is 9.59 Å². The Bertz CT molecular complexity index is 768. The fourth-order valence-electron chi connectivity index (χ4n) is 1.92. The number of hydrogen-bond donors (Lipinski definition) is 3. The number of aliphatic hydroxyl groups is 1. The molecule has 1 aromatic heterocycles. The zero-order valence-corrected chi connectivity index (χ0v) is 13.2. The summed E-state index contributed by atoms with van der Waals surface area (Å²) >= 11 is 5.81. The normalized spacial score (nSPS) is 11.4. The number of halogens is 1. The van der Waals surface area contributed by atoms with E-state index in [4.69, 9.17) is 21.3 Å². The molecule has 0 aliphatic heterocycles. The van der Waals surface area contributed by atoms with Crippen molar-refractivity contribution in [3.8, 4) is 6.07 Å². The van der Waals surface area contributed by atoms with E-state index in [0.717, 1.165) is 0 Å². The first-order valence-corrected chi connectivity index (χ1v) is 7.39. The summed E-state index contributed by atoms with van der Waals surface area (Å²) in [6.45, 7) is 0.0781. The summed E-state index contributed by atoms with van der Waals surface area (Å²) < 4.78 is 5.03. The van der Waals surface area contributed by atoms with Crippen molar-refractivity contribution in [3.63, 3.8) is 0 Å². The Labute approximate surface area is 142 Å². The molecule has 0 saturated heterocycles. The van der Waals surface area contributed by atoms with Crippen LogP contribution in [-0.4, -0.2) is 23.5 Å². The molecule has 124 valence electrons. The molecule has 0 unspecified atom stereocenters. The van der Waals surface area contributed by atoms with Crippen molar-refractivity contribution in [2.45, 2.75) is 12.5 Å². The zero-order valence-electron chi connectivity index (χ0n) is 12.5. The molecule has 0 aliphatic rings. The first-order chi connectivity index (χ1) is 11.5. The molecule has 0 spiro atoms. The molecular formula is C16H14ClN3O4. The lowest BCUT2D eigenvalue weighted by Crippen LogP contribution is -2.36. The van der Waals surface area contributed by atoms with Gasteiger partial charge in [0, 0.05) is 11.6 Å². The molecule has 8 heteroatoms. The quantitative estimate of drug-likeness (QED) is 0.715. The maximum atomic E-state index is 11.8. The van der Waals surface area contributed by atoms with Crippen molar-refractivity contribution in [2.24, 2.45) is 0 Å². The van der Waals surface area contributed by atoms with Crippen LogP contribution < -0.4 is 10.6 Å². The van der Waals surface area contributed by atoms with Crippen molar-refractivity contribution in [1.29, 1.82) is 5.26 Å². The summed E-state index contributed by atoms with van der Waals surface area (Å²) in [7, 11) is 0. The zero-order chi connectivity index (χ0) is 17.5. The average Bonchev–Trinajstić information content (AvgIpc) is 3.09. The number of nitrogens with zero attached hydrogens (tertiary/aromatic N) is 1. The largest absolute Gasteiger partial charge is 0.467 e. The van der Waals surface area contributed by atoms with Gasteiger partial charge in [-0.2, -0.15) is 5.26 Å². The molecule has 0 bridgehead atoms. The van der Waals surface area contributed by atoms with Gasteiger partial charge in [0.25, 0.3) is 0 Å². The van der Waals surface area contributed by atoms with E-state index >= 15 is 0 Å². The fraction of sp³-hybridized carbons (Fsp3) is 0.188. The molecule has 24 heavy (non-hydrogen) atoms. The number of hydrogen-bond acceptors (Lipinski definition) is 5. The number of anilines is 1. The smallest absolute Gasteiger partial charge is 0.313 e. The third kappa shape index (κ3) is 4.59. The molecule has 2 amide bonds. The van der Waals surface area contributed by atoms with Crippen molar-refractivity contribution in [3.05, 3.63) is 52.9 Å². The average molecular weight is 348 g/mol. The summed E-state index contributed by atoms with van der Waals surface area (Å²) in [5.41, 5.74) is 0.342. The first-order valence-electron chi connectivity index (χ1n) is 7.01. The molecular weight excluding hydrogens is 334 g/mol. The highest BCUT2D eigenvalue weighted by Crippen LogP contribution is 2.20. The van der Waals surface area contributed by atoms with E-state index < -0.39 is 17.9 Å². The van der Waals surface area contributed by atoms with Crippen LogP contribution in [0.2, 0.25) is 5.02 Å². The van der Waals surface area contributed by atoms with Crippen molar-refractivity contribution in [1.82, 2.24) is 5.32 Å². The summed E-state index contributed by atoms with van der Waals surface area (Å²) in [4.78, 5) is 23.6. The maximum Gasteiger partial charge on any atom is 0.313 e. The van der Waals surface area contributed by atoms with E-state index in [1.807, 2.05) is 6.07 Å². The van der Waals surface area contributed by atoms with Gasteiger partial charge in [-0.15, -0.1) is 0 Å². The highest BCUT2D eigenvalue weighted by atomic mass is 35.5. The van der Waals surface area contributed by atoms with E-state index in [1.54, 1.807) is 12.1 Å². The van der Waals surface area contributed by atoms with Crippen LogP contribution in [-0.2, 0) is 9.59 Å². The van der Waals surface area contributed by atoms with Crippen LogP contribution in [0.1, 0.15) is 23.8 Å². The van der Waals surface area contributed by atoms with E-state index in [0.29, 0.717) is 10.8 Å². The third-order valence-electron chi connectivity index (χ3n) is 3.13. The fourth-order valence-corrected chi connectivity index (χ4v) is 2.09. The molecule has 1 atom stereocenters. The van der Waals surface area contributed by atoms with E-state index in [-0.39, 0.29) is 24.2 Å². The molecule has 7 nitrogen and oxygen atoms in total. The van der Waals surface area contributed by atoms with E-state index in [9.17, 15) is 14.7 Å². The van der Waals surface area contributed by atoms with Gasteiger partial charge < -0.3 is 20.2 Å². The number of aliphatic hydroxyl groups excluding tert-OH is 1. The Morgan fingerprint density at radius 3 is 2.79 bits per heavy atom. The summed E-state index contributed by atoms with van der Waals surface area (Å²) in [6.07, 6.45) is 0.747. The summed E-state index contributed by atoms with van der Waals surface area (Å²) in [5.74, 6) is -1.43. The number of nitriles is 1. The molecule has 1 heterocycles. The van der Waals surface area contributed by atoms with E-state index in [2.05, 4.69) is 10.6 Å². The highest BCUT2D eigenvalue weighted by Gasteiger charge is 2.17. The Morgan fingerprint density at radius 2 is 2.12 bits per heavy atom. The van der Waals surface area contributed by atoms with Gasteiger partial charge >= 0.3 is 11.8 Å². The number of amides is 2. The summed E-state index contributed by atoms with van der Waals surface area (Å²) in [6, 6.07) is 9.47. The lowest BCUT2D eigenvalue weighted by molar-refractivity contribution is -0.136. The molecule has 3 N–H and O–H groups in total. The lowest BCUT2D eigenvalue weighted by atomic mass is 10.2. The molecule has 0 radical (unpaired) electrons. The minimum atomic E-state index is -0.929. The first kappa shape index (κ1) is 17.5. The van der Waals surface area contributed by atoms with Gasteiger partial charge in [0.2, 0.25) is 0 Å². The van der Waals surface area contributed by atoms with Crippen molar-refractivity contribution >= 4 is 29.1 Å². The van der Waals surface area contributed by atoms with Crippen molar-refractivity contribution < 1.29 is 19.1 Å². The molecule has 2 rings (SSSR count). The molecule has 0 aliphatic carbocycles. The number of furan rings is 1. The maximum absolute atomic E-state index is 11.8. The van der Waals surface area contributed by atoms with Gasteiger partial charge in [-0.25, -0.2) is 0 Å². The molecule has 1 aromatic carbocycles. The van der Waals surface area contributed by atoms with Crippen LogP contribution in [0.4, 0.5) is 5.69 Å².